The summed E-state index contributed by atoms with van der Waals surface area (Å²) < 4.78 is 2.13. The van der Waals surface area contributed by atoms with Crippen LogP contribution in [0.15, 0.2) is 29.6 Å². The van der Waals surface area contributed by atoms with Gasteiger partial charge in [0.1, 0.15) is 17.1 Å². The molecule has 0 bridgehead atoms. The number of carboxylic acid groups (broad SMARTS) is 1. The third-order valence-electron chi connectivity index (χ3n) is 4.79. The third-order valence-corrected chi connectivity index (χ3v) is 6.15. The van der Waals surface area contributed by atoms with Crippen molar-refractivity contribution in [3.05, 3.63) is 40.9 Å². The summed E-state index contributed by atoms with van der Waals surface area (Å²) in [6, 6.07) is 3.56. The second kappa shape index (κ2) is 5.35. The molecule has 6 nitrogen and oxygen atoms in total. The van der Waals surface area contributed by atoms with Crippen LogP contribution in [0.5, 0.6) is 0 Å². The topological polar surface area (TPSA) is 87.5 Å². The van der Waals surface area contributed by atoms with E-state index in [1.807, 2.05) is 12.3 Å². The van der Waals surface area contributed by atoms with E-state index >= 15 is 0 Å². The van der Waals surface area contributed by atoms with Gasteiger partial charge in [-0.3, -0.25) is 9.69 Å². The molecule has 2 unspecified atom stereocenters. The highest BCUT2D eigenvalue weighted by molar-refractivity contribution is 8.00. The molecule has 3 aliphatic rings. The van der Waals surface area contributed by atoms with E-state index in [1.165, 1.54) is 16.2 Å². The van der Waals surface area contributed by atoms with Gasteiger partial charge < -0.3 is 10.8 Å². The maximum absolute atomic E-state index is 12.0. The molecule has 0 spiro atoms. The molecule has 7 heteroatoms. The number of aliphatic carboxylic acids is 1. The second-order valence-corrected chi connectivity index (χ2v) is 7.26. The number of pyridine rings is 1. The largest absolute Gasteiger partial charge is 0.477 e. The summed E-state index contributed by atoms with van der Waals surface area (Å²) in [5, 5.41) is 9.36. The molecule has 1 aliphatic carbocycles. The Morgan fingerprint density at radius 3 is 3.09 bits per heavy atom. The van der Waals surface area contributed by atoms with Crippen molar-refractivity contribution in [1.29, 1.82) is 0 Å². The molecule has 23 heavy (non-hydrogen) atoms. The van der Waals surface area contributed by atoms with Gasteiger partial charge in [0.05, 0.1) is 0 Å². The fourth-order valence-corrected chi connectivity index (χ4v) is 4.95. The molecule has 0 aromatic carbocycles. The van der Waals surface area contributed by atoms with E-state index in [0.29, 0.717) is 12.3 Å². The molecule has 1 amide bonds. The molecular weight excluding hydrogens is 314 g/mol. The predicted octanol–water partition coefficient (Wildman–Crippen LogP) is 0.0439. The van der Waals surface area contributed by atoms with Crippen LogP contribution in [0.25, 0.3) is 0 Å². The standard InChI is InChI=1S/C16H17N3O3S/c17-12-14(20)19-13(16(21)22)10(8-23-15(12)19)7-18-6-2-4-9-3-1-5-11(9)18/h2,4,6,12,15H,1,3,5,7-8,17H2/p+1. The van der Waals surface area contributed by atoms with Crippen molar-refractivity contribution in [3.63, 3.8) is 0 Å². The van der Waals surface area contributed by atoms with Crippen LogP contribution in [-0.4, -0.2) is 39.1 Å². The van der Waals surface area contributed by atoms with Gasteiger partial charge >= 0.3 is 5.97 Å². The lowest BCUT2D eigenvalue weighted by Crippen LogP contribution is -2.68. The normalized spacial score (nSPS) is 26.0. The van der Waals surface area contributed by atoms with Crippen LogP contribution in [0.4, 0.5) is 0 Å². The molecule has 3 N–H and O–H groups in total. The van der Waals surface area contributed by atoms with Gasteiger partial charge in [0.25, 0.3) is 0 Å². The Morgan fingerprint density at radius 1 is 1.48 bits per heavy atom. The number of thioether (sulfide) groups is 1. The zero-order valence-corrected chi connectivity index (χ0v) is 13.4. The Kier molecular flexibility index (Phi) is 3.42. The van der Waals surface area contributed by atoms with Crippen LogP contribution in [0.1, 0.15) is 17.7 Å². The number of rotatable bonds is 3. The number of β-lactam (4-membered cyclic amide) rings is 1. The van der Waals surface area contributed by atoms with Crippen molar-refractivity contribution in [3.8, 4) is 0 Å². The summed E-state index contributed by atoms with van der Waals surface area (Å²) in [5.74, 6) is -0.736. The number of carbonyl (C=O) groups excluding carboxylic acids is 1. The van der Waals surface area contributed by atoms with E-state index in [1.54, 1.807) is 11.8 Å². The summed E-state index contributed by atoms with van der Waals surface area (Å²) in [7, 11) is 0. The SMILES string of the molecule is NC1C(=O)N2C(C(=O)O)=C(C[n+]3cccc4c3CCC4)CSC12. The maximum Gasteiger partial charge on any atom is 0.352 e. The highest BCUT2D eigenvalue weighted by Crippen LogP contribution is 2.39. The van der Waals surface area contributed by atoms with Crippen LogP contribution >= 0.6 is 11.8 Å². The quantitative estimate of drug-likeness (QED) is 0.603. The Balaban J connectivity index is 1.71. The highest BCUT2D eigenvalue weighted by Gasteiger charge is 2.52. The molecule has 4 rings (SSSR count). The summed E-state index contributed by atoms with van der Waals surface area (Å²) >= 11 is 1.55. The molecule has 0 radical (unpaired) electrons. The van der Waals surface area contributed by atoms with Gasteiger partial charge in [-0.15, -0.1) is 11.8 Å². The van der Waals surface area contributed by atoms with Gasteiger partial charge in [0, 0.05) is 29.4 Å². The van der Waals surface area contributed by atoms with Gasteiger partial charge in [-0.1, -0.05) is 0 Å². The number of hydrogen-bond acceptors (Lipinski definition) is 4. The first-order chi connectivity index (χ1) is 11.1. The summed E-state index contributed by atoms with van der Waals surface area (Å²) in [5.41, 5.74) is 9.31. The number of nitrogens with two attached hydrogens (primary N) is 1. The zero-order valence-electron chi connectivity index (χ0n) is 12.6. The molecule has 0 saturated carbocycles. The van der Waals surface area contributed by atoms with Crippen LogP contribution in [0.2, 0.25) is 0 Å². The van der Waals surface area contributed by atoms with E-state index in [4.69, 9.17) is 5.73 Å². The Labute approximate surface area is 138 Å². The number of aromatic nitrogens is 1. The monoisotopic (exact) mass is 332 g/mol. The molecule has 3 heterocycles. The average molecular weight is 332 g/mol. The first kappa shape index (κ1) is 14.7. The minimum atomic E-state index is -1.04. The zero-order chi connectivity index (χ0) is 16.1. The fourth-order valence-electron chi connectivity index (χ4n) is 3.67. The Bertz CT molecular complexity index is 746. The fraction of sp³-hybridized carbons (Fsp3) is 0.438. The van der Waals surface area contributed by atoms with E-state index in [9.17, 15) is 14.7 Å². The van der Waals surface area contributed by atoms with Gasteiger partial charge in [-0.2, -0.15) is 4.57 Å². The van der Waals surface area contributed by atoms with E-state index in [2.05, 4.69) is 10.6 Å². The van der Waals surface area contributed by atoms with Crippen LogP contribution < -0.4 is 10.3 Å². The molecule has 2 aliphatic heterocycles. The molecule has 1 aromatic heterocycles. The average Bonchev–Trinajstić information content (AvgIpc) is 3.03. The Morgan fingerprint density at radius 2 is 2.30 bits per heavy atom. The number of carboxylic acids is 1. The predicted molar refractivity (Wildman–Crippen MR) is 84.4 cm³/mol. The van der Waals surface area contributed by atoms with E-state index < -0.39 is 12.0 Å². The van der Waals surface area contributed by atoms with Crippen LogP contribution in [0, 0.1) is 0 Å². The van der Waals surface area contributed by atoms with E-state index in [0.717, 1.165) is 24.8 Å². The van der Waals surface area contributed by atoms with E-state index in [-0.39, 0.29) is 17.0 Å². The molecular formula is C16H18N3O3S+. The lowest BCUT2D eigenvalue weighted by Gasteiger charge is -2.47. The van der Waals surface area contributed by atoms with Gasteiger partial charge in [-0.05, 0) is 18.9 Å². The molecule has 120 valence electrons. The Hall–Kier alpha value is -1.86. The third kappa shape index (κ3) is 2.18. The molecule has 1 fully saturated rings. The van der Waals surface area contributed by atoms with Gasteiger partial charge in [0.2, 0.25) is 5.91 Å². The van der Waals surface area contributed by atoms with Crippen molar-refractivity contribution in [1.82, 2.24) is 4.90 Å². The lowest BCUT2D eigenvalue weighted by atomic mass is 10.0. The first-order valence-electron chi connectivity index (χ1n) is 7.73. The molecule has 1 saturated heterocycles. The van der Waals surface area contributed by atoms with Crippen molar-refractivity contribution in [2.24, 2.45) is 5.73 Å². The number of hydrogen-bond donors (Lipinski definition) is 2. The number of amides is 1. The van der Waals surface area contributed by atoms with Gasteiger partial charge in [0.15, 0.2) is 18.4 Å². The van der Waals surface area contributed by atoms with Crippen molar-refractivity contribution in [2.75, 3.05) is 5.75 Å². The lowest BCUT2D eigenvalue weighted by molar-refractivity contribution is -0.696. The molecule has 2 atom stereocenters. The minimum absolute atomic E-state index is 0.128. The molecule has 1 aromatic rings. The van der Waals surface area contributed by atoms with Crippen molar-refractivity contribution in [2.45, 2.75) is 37.2 Å². The number of aryl methyl sites for hydroxylation is 1. The van der Waals surface area contributed by atoms with Crippen molar-refractivity contribution < 1.29 is 19.3 Å². The summed E-state index contributed by atoms with van der Waals surface area (Å²) in [6.45, 7) is 0.517. The highest BCUT2D eigenvalue weighted by atomic mass is 32.2. The maximum atomic E-state index is 12.0. The first-order valence-corrected chi connectivity index (χ1v) is 8.78. The van der Waals surface area contributed by atoms with Crippen molar-refractivity contribution >= 4 is 23.6 Å². The smallest absolute Gasteiger partial charge is 0.352 e. The number of nitrogens with zero attached hydrogens (tertiary/aromatic N) is 2. The van der Waals surface area contributed by atoms with Crippen LogP contribution in [-0.2, 0) is 29.0 Å². The summed E-state index contributed by atoms with van der Waals surface area (Å²) in [4.78, 5) is 25.1. The van der Waals surface area contributed by atoms with Crippen LogP contribution in [0.3, 0.4) is 0 Å². The minimum Gasteiger partial charge on any atom is -0.477 e. The number of fused-ring (bicyclic) bond motifs is 2. The summed E-state index contributed by atoms with van der Waals surface area (Å²) in [6.07, 6.45) is 5.24. The van der Waals surface area contributed by atoms with Gasteiger partial charge in [-0.25, -0.2) is 4.79 Å². The second-order valence-electron chi connectivity index (χ2n) is 6.15. The number of carbonyl (C=O) groups is 2.